The van der Waals surface area contributed by atoms with Gasteiger partial charge in [0.2, 0.25) is 5.95 Å². The van der Waals surface area contributed by atoms with E-state index in [1.807, 2.05) is 12.1 Å². The Kier molecular flexibility index (Phi) is 6.22. The van der Waals surface area contributed by atoms with Crippen molar-refractivity contribution in [2.24, 2.45) is 0 Å². The van der Waals surface area contributed by atoms with Gasteiger partial charge in [-0.2, -0.15) is 4.98 Å². The molecule has 2 N–H and O–H groups in total. The molecule has 0 radical (unpaired) electrons. The number of hydrogen-bond donors (Lipinski definition) is 2. The lowest BCUT2D eigenvalue weighted by atomic mass is 10.2. The van der Waals surface area contributed by atoms with E-state index in [1.54, 1.807) is 16.7 Å². The Labute approximate surface area is 216 Å². The highest BCUT2D eigenvalue weighted by atomic mass is 32.2. The zero-order valence-corrected chi connectivity index (χ0v) is 21.0. The first-order valence-corrected chi connectivity index (χ1v) is 13.2. The van der Waals surface area contributed by atoms with E-state index in [4.69, 9.17) is 0 Å². The minimum atomic E-state index is -2.52. The number of hydrogen-bond acceptors (Lipinski definition) is 8. The third-order valence-electron chi connectivity index (χ3n) is 6.79. The highest BCUT2D eigenvalue weighted by Crippen LogP contribution is 2.45. The summed E-state index contributed by atoms with van der Waals surface area (Å²) in [4.78, 5) is 18.1. The molecule has 2 fully saturated rings. The summed E-state index contributed by atoms with van der Waals surface area (Å²) < 4.78 is 41.7. The minimum Gasteiger partial charge on any atom is -0.755 e. The first-order chi connectivity index (χ1) is 18.0. The largest absolute Gasteiger partial charge is 0.755 e. The molecule has 6 rings (SSSR count). The molecule has 1 saturated carbocycles. The van der Waals surface area contributed by atoms with Gasteiger partial charge in [-0.3, -0.25) is 8.78 Å². The molecule has 12 heteroatoms. The lowest BCUT2D eigenvalue weighted by molar-refractivity contribution is 0.313. The number of halogens is 1. The molecule has 1 aliphatic carbocycles. The second kappa shape index (κ2) is 9.69. The molecule has 1 saturated heterocycles. The number of fused-ring (bicyclic) bond motifs is 1. The highest BCUT2D eigenvalue weighted by Gasteiger charge is 2.34. The fourth-order valence-electron chi connectivity index (χ4n) is 4.70. The van der Waals surface area contributed by atoms with Crippen molar-refractivity contribution < 1.29 is 13.2 Å². The standard InChI is InChI=1S/C25H27FN8O2S/c1-32-11-13-33(14-12-32)18-9-7-17(8-10-18)28-25-27-15-19-22(26)23(16-5-6-16)34(24(19)30-25)21-4-2-3-20(29-21)31-37(35)36/h2-4,7-10,15-16H,5-6,11-14H2,1H3,(H,29,31)(H,35,36)(H,27,28,30)/p-1. The maximum Gasteiger partial charge on any atom is 0.229 e. The van der Waals surface area contributed by atoms with E-state index < -0.39 is 11.3 Å². The fourth-order valence-corrected chi connectivity index (χ4v) is 4.98. The maximum absolute atomic E-state index is 15.5. The van der Waals surface area contributed by atoms with Gasteiger partial charge in [0, 0.05) is 60.9 Å². The van der Waals surface area contributed by atoms with Crippen molar-refractivity contribution in [3.05, 3.63) is 60.2 Å². The zero-order valence-electron chi connectivity index (χ0n) is 20.2. The smallest absolute Gasteiger partial charge is 0.229 e. The van der Waals surface area contributed by atoms with Crippen LogP contribution >= 0.6 is 0 Å². The van der Waals surface area contributed by atoms with Gasteiger partial charge in [-0.25, -0.2) is 14.4 Å². The van der Waals surface area contributed by atoms with E-state index in [-0.39, 0.29) is 17.6 Å². The molecule has 37 heavy (non-hydrogen) atoms. The number of nitrogens with one attached hydrogen (secondary N) is 2. The molecule has 1 aliphatic heterocycles. The number of piperazine rings is 1. The normalized spacial score (nSPS) is 17.2. The van der Waals surface area contributed by atoms with Gasteiger partial charge in [-0.15, -0.1) is 0 Å². The van der Waals surface area contributed by atoms with Gasteiger partial charge >= 0.3 is 0 Å². The summed E-state index contributed by atoms with van der Waals surface area (Å²) in [5, 5.41) is 3.52. The molecule has 10 nitrogen and oxygen atoms in total. The second-order valence-electron chi connectivity index (χ2n) is 9.42. The summed E-state index contributed by atoms with van der Waals surface area (Å²) in [7, 11) is 2.13. The van der Waals surface area contributed by atoms with Crippen LogP contribution in [0.25, 0.3) is 16.9 Å². The lowest BCUT2D eigenvalue weighted by Gasteiger charge is -2.34. The lowest BCUT2D eigenvalue weighted by Crippen LogP contribution is -2.44. The molecule has 1 atom stereocenters. The van der Waals surface area contributed by atoms with Crippen LogP contribution in [-0.2, 0) is 11.3 Å². The van der Waals surface area contributed by atoms with Gasteiger partial charge in [0.15, 0.2) is 11.5 Å². The van der Waals surface area contributed by atoms with Gasteiger partial charge < -0.3 is 24.4 Å². The third kappa shape index (κ3) is 4.87. The van der Waals surface area contributed by atoms with E-state index >= 15 is 4.39 Å². The average molecular weight is 522 g/mol. The molecule has 0 bridgehead atoms. The van der Waals surface area contributed by atoms with Gasteiger partial charge in [-0.1, -0.05) is 6.07 Å². The monoisotopic (exact) mass is 521 g/mol. The minimum absolute atomic E-state index is 0.0554. The third-order valence-corrected chi connectivity index (χ3v) is 7.17. The van der Waals surface area contributed by atoms with Gasteiger partial charge in [0.25, 0.3) is 0 Å². The van der Waals surface area contributed by atoms with Crippen molar-refractivity contribution in [2.45, 2.75) is 18.8 Å². The van der Waals surface area contributed by atoms with Crippen LogP contribution in [-0.4, -0.2) is 66.4 Å². The number of anilines is 4. The molecule has 0 amide bonds. The van der Waals surface area contributed by atoms with Crippen molar-refractivity contribution in [3.63, 3.8) is 0 Å². The van der Waals surface area contributed by atoms with Crippen molar-refractivity contribution >= 4 is 45.4 Å². The van der Waals surface area contributed by atoms with E-state index in [2.05, 4.69) is 54.0 Å². The second-order valence-corrected chi connectivity index (χ2v) is 10.1. The number of nitrogens with zero attached hydrogens (tertiary/aromatic N) is 6. The summed E-state index contributed by atoms with van der Waals surface area (Å²) >= 11 is -2.52. The number of aromatic nitrogens is 4. The van der Waals surface area contributed by atoms with Crippen LogP contribution in [0, 0.1) is 5.82 Å². The van der Waals surface area contributed by atoms with Crippen molar-refractivity contribution in [1.82, 2.24) is 24.4 Å². The number of benzene rings is 1. The van der Waals surface area contributed by atoms with Crippen LogP contribution in [0.5, 0.6) is 0 Å². The highest BCUT2D eigenvalue weighted by molar-refractivity contribution is 7.80. The summed E-state index contributed by atoms with van der Waals surface area (Å²) in [6.07, 6.45) is 3.22. The van der Waals surface area contributed by atoms with E-state index in [0.29, 0.717) is 28.5 Å². The Morgan fingerprint density at radius 2 is 1.81 bits per heavy atom. The molecule has 3 aromatic heterocycles. The van der Waals surface area contributed by atoms with Crippen molar-refractivity contribution in [3.8, 4) is 5.82 Å². The summed E-state index contributed by atoms with van der Waals surface area (Å²) in [6, 6.07) is 13.0. The van der Waals surface area contributed by atoms with Crippen LogP contribution in [0.4, 0.5) is 27.5 Å². The molecule has 2 aliphatic rings. The van der Waals surface area contributed by atoms with Gasteiger partial charge in [0.05, 0.1) is 11.1 Å². The Bertz CT molecular complexity index is 1470. The SMILES string of the molecule is CN1CCN(c2ccc(Nc3ncc4c(F)c(C5CC5)n(-c5cccc(NS(=O)[O-])n5)c4n3)cc2)CC1. The average Bonchev–Trinajstić information content (AvgIpc) is 3.68. The molecule has 0 spiro atoms. The fraction of sp³-hybridized carbons (Fsp3) is 0.320. The molecule has 4 aromatic rings. The topological polar surface area (TPSA) is 114 Å². The van der Waals surface area contributed by atoms with Crippen LogP contribution < -0.4 is 14.9 Å². The van der Waals surface area contributed by atoms with Crippen LogP contribution in [0.2, 0.25) is 0 Å². The van der Waals surface area contributed by atoms with Gasteiger partial charge in [0.1, 0.15) is 11.6 Å². The van der Waals surface area contributed by atoms with Crippen LogP contribution in [0.15, 0.2) is 48.7 Å². The van der Waals surface area contributed by atoms with E-state index in [1.165, 1.54) is 18.0 Å². The maximum atomic E-state index is 15.5. The molecule has 192 valence electrons. The van der Waals surface area contributed by atoms with Gasteiger partial charge in [-0.05, 0) is 56.3 Å². The van der Waals surface area contributed by atoms with Crippen LogP contribution in [0.3, 0.4) is 0 Å². The van der Waals surface area contributed by atoms with Crippen LogP contribution in [0.1, 0.15) is 24.5 Å². The summed E-state index contributed by atoms with van der Waals surface area (Å²) in [6.45, 7) is 4.06. The molecule has 1 unspecified atom stereocenters. The number of likely N-dealkylation sites (N-methyl/N-ethyl adjacent to an activating group) is 1. The molecular formula is C25H26FN8O2S-. The van der Waals surface area contributed by atoms with E-state index in [0.717, 1.165) is 44.7 Å². The molecule has 4 heterocycles. The molecular weight excluding hydrogens is 495 g/mol. The first-order valence-electron chi connectivity index (χ1n) is 12.2. The Hall–Kier alpha value is -3.61. The summed E-state index contributed by atoms with van der Waals surface area (Å²) in [5.41, 5.74) is 2.85. The number of rotatable bonds is 7. The summed E-state index contributed by atoms with van der Waals surface area (Å²) in [5.74, 6) is 0.541. The predicted octanol–water partition coefficient (Wildman–Crippen LogP) is 3.53. The Balaban J connectivity index is 1.33. The Morgan fingerprint density at radius 1 is 1.05 bits per heavy atom. The van der Waals surface area contributed by atoms with Crippen molar-refractivity contribution in [2.75, 3.05) is 48.2 Å². The zero-order chi connectivity index (χ0) is 25.5. The Morgan fingerprint density at radius 3 is 2.51 bits per heavy atom. The van der Waals surface area contributed by atoms with Crippen molar-refractivity contribution in [1.29, 1.82) is 0 Å². The predicted molar refractivity (Wildman–Crippen MR) is 141 cm³/mol. The quantitative estimate of drug-likeness (QED) is 0.355. The number of pyridine rings is 1. The van der Waals surface area contributed by atoms with E-state index in [9.17, 15) is 8.76 Å². The molecule has 1 aromatic carbocycles. The first kappa shape index (κ1) is 23.8.